The molecule has 0 bridgehead atoms. The van der Waals surface area contributed by atoms with Crippen LogP contribution >= 0.6 is 0 Å². The number of piperidine rings is 1. The maximum absolute atomic E-state index is 12.8. The number of nitrogens with zero attached hydrogens (tertiary/aromatic N) is 3. The Morgan fingerprint density at radius 2 is 1.96 bits per heavy atom. The number of hydrogen-bond donors (Lipinski definition) is 3. The first-order valence-corrected chi connectivity index (χ1v) is 8.58. The third-order valence-electron chi connectivity index (χ3n) is 4.59. The Balaban J connectivity index is 1.52. The summed E-state index contributed by atoms with van der Waals surface area (Å²) in [7, 11) is 0. The monoisotopic (exact) mass is 384 g/mol. The predicted molar refractivity (Wildman–Crippen MR) is 92.6 cm³/mol. The van der Waals surface area contributed by atoms with Crippen molar-refractivity contribution in [2.75, 3.05) is 5.32 Å². The van der Waals surface area contributed by atoms with Crippen LogP contribution in [0.1, 0.15) is 45.0 Å². The second kappa shape index (κ2) is 6.85. The number of benzene rings is 1. The molecule has 0 spiro atoms. The average molecular weight is 384 g/mol. The maximum Gasteiger partial charge on any atom is 0.315 e. The van der Waals surface area contributed by atoms with Crippen molar-refractivity contribution in [1.82, 2.24) is 20.4 Å². The molecule has 1 atom stereocenters. The van der Waals surface area contributed by atoms with Gasteiger partial charge in [0.1, 0.15) is 6.04 Å². The number of carbonyl (C=O) groups excluding carboxylic acids is 4. The van der Waals surface area contributed by atoms with E-state index in [0.29, 0.717) is 5.56 Å². The van der Waals surface area contributed by atoms with Gasteiger partial charge >= 0.3 is 6.01 Å². The highest BCUT2D eigenvalue weighted by molar-refractivity contribution is 6.23. The lowest BCUT2D eigenvalue weighted by molar-refractivity contribution is -0.136. The first kappa shape index (κ1) is 17.8. The van der Waals surface area contributed by atoms with Gasteiger partial charge in [-0.3, -0.25) is 29.4 Å². The van der Waals surface area contributed by atoms with Crippen LogP contribution in [0, 0.1) is 0 Å². The Labute approximate surface area is 158 Å². The Morgan fingerprint density at radius 3 is 2.68 bits per heavy atom. The lowest BCUT2D eigenvalue weighted by atomic mass is 10.0. The van der Waals surface area contributed by atoms with Crippen molar-refractivity contribution in [1.29, 1.82) is 0 Å². The molecule has 4 rings (SSSR count). The summed E-state index contributed by atoms with van der Waals surface area (Å²) in [6, 6.07) is 4.01. The van der Waals surface area contributed by atoms with Crippen LogP contribution in [0.4, 0.5) is 6.01 Å². The molecule has 3 heterocycles. The third kappa shape index (κ3) is 3.01. The average Bonchev–Trinajstić information content (AvgIpc) is 3.24. The highest BCUT2D eigenvalue weighted by Gasteiger charge is 2.44. The van der Waals surface area contributed by atoms with E-state index < -0.39 is 29.7 Å². The summed E-state index contributed by atoms with van der Waals surface area (Å²) < 4.78 is 5.24. The number of fused-ring (bicyclic) bond motifs is 1. The minimum atomic E-state index is -0.986. The number of hydrogen-bond acceptors (Lipinski definition) is 9. The van der Waals surface area contributed by atoms with E-state index in [2.05, 4.69) is 20.8 Å². The molecule has 2 aromatic rings. The van der Waals surface area contributed by atoms with Crippen molar-refractivity contribution in [3.63, 3.8) is 0 Å². The quantitative estimate of drug-likeness (QED) is 0.579. The van der Waals surface area contributed by atoms with E-state index in [-0.39, 0.29) is 49.0 Å². The molecule has 0 saturated carbocycles. The van der Waals surface area contributed by atoms with Gasteiger partial charge in [0, 0.05) is 13.0 Å². The van der Waals surface area contributed by atoms with E-state index in [4.69, 9.17) is 10.2 Å². The molecule has 0 radical (unpaired) electrons. The summed E-state index contributed by atoms with van der Waals surface area (Å²) in [6.45, 7) is 0.402. The molecule has 0 aliphatic carbocycles. The Morgan fingerprint density at radius 1 is 1.18 bits per heavy atom. The topological polar surface area (TPSA) is 161 Å². The summed E-state index contributed by atoms with van der Waals surface area (Å²) in [5.41, 5.74) is 6.55. The van der Waals surface area contributed by atoms with Gasteiger partial charge in [0.2, 0.25) is 17.7 Å². The molecule has 144 valence electrons. The van der Waals surface area contributed by atoms with E-state index in [1.54, 1.807) is 12.1 Å². The molecule has 1 unspecified atom stereocenters. The highest BCUT2D eigenvalue weighted by atomic mass is 16.4. The number of rotatable bonds is 5. The SMILES string of the molecule is NCc1nnc(NCc2ccc3c(c2)C(=O)N(C2CCC(=O)NC2=O)C3=O)o1. The molecule has 4 amide bonds. The predicted octanol–water partition coefficient (Wildman–Crippen LogP) is -0.458. The summed E-state index contributed by atoms with van der Waals surface area (Å²) in [5.74, 6) is -1.86. The fourth-order valence-electron chi connectivity index (χ4n) is 3.21. The first-order chi connectivity index (χ1) is 13.5. The van der Waals surface area contributed by atoms with Crippen LogP contribution in [-0.2, 0) is 22.7 Å². The Bertz CT molecular complexity index is 1000. The second-order valence-corrected chi connectivity index (χ2v) is 6.39. The van der Waals surface area contributed by atoms with Gasteiger partial charge in [-0.25, -0.2) is 0 Å². The van der Waals surface area contributed by atoms with E-state index in [0.717, 1.165) is 4.90 Å². The molecule has 1 aromatic heterocycles. The molecular weight excluding hydrogens is 368 g/mol. The highest BCUT2D eigenvalue weighted by Crippen LogP contribution is 2.28. The van der Waals surface area contributed by atoms with Crippen molar-refractivity contribution in [3.05, 3.63) is 40.8 Å². The van der Waals surface area contributed by atoms with E-state index in [1.807, 2.05) is 0 Å². The molecule has 28 heavy (non-hydrogen) atoms. The minimum absolute atomic E-state index is 0.0773. The van der Waals surface area contributed by atoms with Crippen LogP contribution < -0.4 is 16.4 Å². The molecule has 11 nitrogen and oxygen atoms in total. The molecule has 2 aliphatic rings. The van der Waals surface area contributed by atoms with Crippen molar-refractivity contribution in [2.45, 2.75) is 32.0 Å². The smallest absolute Gasteiger partial charge is 0.315 e. The number of carbonyl (C=O) groups is 4. The lowest BCUT2D eigenvalue weighted by Crippen LogP contribution is -2.54. The normalized spacial score (nSPS) is 19.0. The standard InChI is InChI=1S/C17H16N6O5/c18-6-13-21-22-17(28-13)19-7-8-1-2-9-10(5-8)16(27)23(15(9)26)11-3-4-12(24)20-14(11)25/h1-2,5,11H,3-4,6-7,18H2,(H,19,22)(H,20,24,25). The third-order valence-corrected chi connectivity index (χ3v) is 4.59. The van der Waals surface area contributed by atoms with E-state index in [9.17, 15) is 19.2 Å². The largest absolute Gasteiger partial charge is 0.407 e. The molecule has 4 N–H and O–H groups in total. The van der Waals surface area contributed by atoms with E-state index in [1.165, 1.54) is 6.07 Å². The Kier molecular flexibility index (Phi) is 4.35. The maximum atomic E-state index is 12.8. The van der Waals surface area contributed by atoms with Crippen LogP contribution in [0.3, 0.4) is 0 Å². The van der Waals surface area contributed by atoms with Crippen molar-refractivity contribution >= 4 is 29.6 Å². The number of aromatic nitrogens is 2. The van der Waals surface area contributed by atoms with Gasteiger partial charge in [-0.1, -0.05) is 11.2 Å². The zero-order chi connectivity index (χ0) is 19.8. The molecule has 1 aromatic carbocycles. The lowest BCUT2D eigenvalue weighted by Gasteiger charge is -2.27. The summed E-state index contributed by atoms with van der Waals surface area (Å²) in [6.07, 6.45) is 0.194. The Hall–Kier alpha value is -3.60. The molecule has 2 aliphatic heterocycles. The van der Waals surface area contributed by atoms with Crippen LogP contribution in [0.25, 0.3) is 0 Å². The van der Waals surface area contributed by atoms with Gasteiger partial charge in [-0.15, -0.1) is 5.10 Å². The summed E-state index contributed by atoms with van der Waals surface area (Å²) >= 11 is 0. The zero-order valence-electron chi connectivity index (χ0n) is 14.6. The molecule has 1 fully saturated rings. The van der Waals surface area contributed by atoms with Crippen molar-refractivity contribution < 1.29 is 23.6 Å². The number of imide groups is 2. The zero-order valence-corrected chi connectivity index (χ0v) is 14.6. The van der Waals surface area contributed by atoms with Crippen LogP contribution in [0.15, 0.2) is 22.6 Å². The van der Waals surface area contributed by atoms with Gasteiger partial charge in [0.15, 0.2) is 0 Å². The van der Waals surface area contributed by atoms with Gasteiger partial charge in [-0.2, -0.15) is 0 Å². The molecular formula is C17H16N6O5. The van der Waals surface area contributed by atoms with Gasteiger partial charge in [0.25, 0.3) is 11.8 Å². The number of amides is 4. The fourth-order valence-corrected chi connectivity index (χ4v) is 3.21. The second-order valence-electron chi connectivity index (χ2n) is 6.39. The van der Waals surface area contributed by atoms with Crippen LogP contribution in [-0.4, -0.2) is 44.8 Å². The van der Waals surface area contributed by atoms with Gasteiger partial charge in [-0.05, 0) is 24.1 Å². The van der Waals surface area contributed by atoms with Crippen molar-refractivity contribution in [2.24, 2.45) is 5.73 Å². The number of nitrogens with two attached hydrogens (primary N) is 1. The van der Waals surface area contributed by atoms with Gasteiger partial charge in [0.05, 0.1) is 17.7 Å². The number of anilines is 1. The fraction of sp³-hybridized carbons (Fsp3) is 0.294. The van der Waals surface area contributed by atoms with Gasteiger partial charge < -0.3 is 15.5 Å². The molecule has 11 heteroatoms. The molecule has 1 saturated heterocycles. The minimum Gasteiger partial charge on any atom is -0.407 e. The van der Waals surface area contributed by atoms with E-state index >= 15 is 0 Å². The van der Waals surface area contributed by atoms with Crippen LogP contribution in [0.2, 0.25) is 0 Å². The van der Waals surface area contributed by atoms with Crippen molar-refractivity contribution in [3.8, 4) is 0 Å². The first-order valence-electron chi connectivity index (χ1n) is 8.58. The summed E-state index contributed by atoms with van der Waals surface area (Å²) in [4.78, 5) is 49.7. The number of nitrogens with one attached hydrogen (secondary N) is 2. The van der Waals surface area contributed by atoms with Crippen LogP contribution in [0.5, 0.6) is 0 Å². The summed E-state index contributed by atoms with van der Waals surface area (Å²) in [5, 5.41) is 12.6.